The third-order valence-electron chi connectivity index (χ3n) is 3.45. The number of carbonyl (C=O) groups excluding carboxylic acids is 1. The summed E-state index contributed by atoms with van der Waals surface area (Å²) >= 11 is 3.35. The Labute approximate surface area is 116 Å². The monoisotopic (exact) mass is 311 g/mol. The fraction of sp³-hybridized carbons (Fsp3) is 0.500. The number of halogens is 1. The van der Waals surface area contributed by atoms with Gasteiger partial charge in [-0.1, -0.05) is 35.2 Å². The molecule has 1 aromatic rings. The first kappa shape index (κ1) is 13.4. The van der Waals surface area contributed by atoms with E-state index in [1.165, 1.54) is 19.3 Å². The molecule has 0 aliphatic heterocycles. The third kappa shape index (κ3) is 3.05. The van der Waals surface area contributed by atoms with Gasteiger partial charge in [0.1, 0.15) is 5.75 Å². The standard InChI is InChI=1S/C14H18BrNO2/c1-9-7-10(15)8-12(13(9)17)14(18)16-11-5-3-2-4-6-11/h7-8,11,17H,2-6H2,1H3,(H,16,18). The van der Waals surface area contributed by atoms with Crippen LogP contribution in [0.1, 0.15) is 48.0 Å². The summed E-state index contributed by atoms with van der Waals surface area (Å²) in [6.45, 7) is 1.79. The van der Waals surface area contributed by atoms with Crippen molar-refractivity contribution in [3.8, 4) is 5.75 Å². The molecule has 0 bridgehead atoms. The Balaban J connectivity index is 2.13. The number of phenolic OH excluding ortho intramolecular Hbond substituents is 1. The second kappa shape index (κ2) is 5.74. The first-order valence-electron chi connectivity index (χ1n) is 6.38. The minimum Gasteiger partial charge on any atom is -0.507 e. The summed E-state index contributed by atoms with van der Waals surface area (Å²) < 4.78 is 0.812. The number of aromatic hydroxyl groups is 1. The molecule has 1 aliphatic carbocycles. The highest BCUT2D eigenvalue weighted by Crippen LogP contribution is 2.27. The third-order valence-corrected chi connectivity index (χ3v) is 3.91. The molecule has 0 aromatic heterocycles. The van der Waals surface area contributed by atoms with Crippen LogP contribution < -0.4 is 5.32 Å². The van der Waals surface area contributed by atoms with E-state index in [0.29, 0.717) is 11.1 Å². The Hall–Kier alpha value is -1.03. The highest BCUT2D eigenvalue weighted by atomic mass is 79.9. The van der Waals surface area contributed by atoms with Crippen molar-refractivity contribution in [2.75, 3.05) is 0 Å². The molecule has 0 radical (unpaired) electrons. The molecule has 2 rings (SSSR count). The Morgan fingerprint density at radius 1 is 1.33 bits per heavy atom. The first-order chi connectivity index (χ1) is 8.58. The number of nitrogens with one attached hydrogen (secondary N) is 1. The van der Waals surface area contributed by atoms with Gasteiger partial charge in [-0.2, -0.15) is 0 Å². The van der Waals surface area contributed by atoms with Crippen LogP contribution in [0.5, 0.6) is 5.75 Å². The molecular formula is C14H18BrNO2. The van der Waals surface area contributed by atoms with Crippen molar-refractivity contribution in [2.24, 2.45) is 0 Å². The van der Waals surface area contributed by atoms with Gasteiger partial charge in [-0.25, -0.2) is 0 Å². The van der Waals surface area contributed by atoms with E-state index in [1.807, 2.05) is 0 Å². The molecule has 0 spiro atoms. The minimum absolute atomic E-state index is 0.0755. The molecule has 1 amide bonds. The van der Waals surface area contributed by atoms with Gasteiger partial charge in [-0.05, 0) is 37.5 Å². The van der Waals surface area contributed by atoms with Crippen molar-refractivity contribution >= 4 is 21.8 Å². The van der Waals surface area contributed by atoms with E-state index in [-0.39, 0.29) is 17.7 Å². The molecule has 0 heterocycles. The molecule has 1 saturated carbocycles. The maximum Gasteiger partial charge on any atom is 0.255 e. The number of phenols is 1. The predicted octanol–water partition coefficient (Wildman–Crippen LogP) is 3.53. The lowest BCUT2D eigenvalue weighted by Gasteiger charge is -2.23. The van der Waals surface area contributed by atoms with E-state index >= 15 is 0 Å². The van der Waals surface area contributed by atoms with Crippen LogP contribution >= 0.6 is 15.9 Å². The number of amides is 1. The summed E-state index contributed by atoms with van der Waals surface area (Å²) in [7, 11) is 0. The van der Waals surface area contributed by atoms with Gasteiger partial charge in [-0.3, -0.25) is 4.79 Å². The summed E-state index contributed by atoms with van der Waals surface area (Å²) in [5, 5.41) is 13.0. The van der Waals surface area contributed by atoms with Crippen molar-refractivity contribution < 1.29 is 9.90 Å². The van der Waals surface area contributed by atoms with Crippen LogP contribution in [0.2, 0.25) is 0 Å². The number of hydrogen-bond donors (Lipinski definition) is 2. The van der Waals surface area contributed by atoms with Crippen molar-refractivity contribution in [2.45, 2.75) is 45.1 Å². The molecule has 1 aromatic carbocycles. The van der Waals surface area contributed by atoms with Crippen molar-refractivity contribution in [3.05, 3.63) is 27.7 Å². The smallest absolute Gasteiger partial charge is 0.255 e. The summed E-state index contributed by atoms with van der Waals surface area (Å²) in [5.74, 6) is -0.102. The molecule has 0 atom stereocenters. The van der Waals surface area contributed by atoms with Crippen LogP contribution in [0.25, 0.3) is 0 Å². The number of benzene rings is 1. The van der Waals surface area contributed by atoms with E-state index in [4.69, 9.17) is 0 Å². The molecule has 18 heavy (non-hydrogen) atoms. The van der Waals surface area contributed by atoms with E-state index in [1.54, 1.807) is 19.1 Å². The average molecular weight is 312 g/mol. The zero-order chi connectivity index (χ0) is 13.1. The van der Waals surface area contributed by atoms with Crippen molar-refractivity contribution in [1.29, 1.82) is 0 Å². The van der Waals surface area contributed by atoms with Crippen molar-refractivity contribution in [1.82, 2.24) is 5.32 Å². The molecule has 4 heteroatoms. The molecular weight excluding hydrogens is 294 g/mol. The van der Waals surface area contributed by atoms with Gasteiger partial charge < -0.3 is 10.4 Å². The Kier molecular flexibility index (Phi) is 4.27. The van der Waals surface area contributed by atoms with Gasteiger partial charge in [0.15, 0.2) is 0 Å². The molecule has 3 nitrogen and oxygen atoms in total. The minimum atomic E-state index is -0.177. The summed E-state index contributed by atoms with van der Waals surface area (Å²) in [6, 6.07) is 3.72. The highest BCUT2D eigenvalue weighted by Gasteiger charge is 2.19. The van der Waals surface area contributed by atoms with Gasteiger partial charge in [0.2, 0.25) is 0 Å². The second-order valence-electron chi connectivity index (χ2n) is 4.93. The van der Waals surface area contributed by atoms with E-state index in [9.17, 15) is 9.90 Å². The second-order valence-corrected chi connectivity index (χ2v) is 5.84. The fourth-order valence-corrected chi connectivity index (χ4v) is 2.99. The van der Waals surface area contributed by atoms with E-state index in [0.717, 1.165) is 17.3 Å². The SMILES string of the molecule is Cc1cc(Br)cc(C(=O)NC2CCCCC2)c1O. The largest absolute Gasteiger partial charge is 0.507 e. The molecule has 0 unspecified atom stereocenters. The summed E-state index contributed by atoms with van der Waals surface area (Å²) in [6.07, 6.45) is 5.69. The van der Waals surface area contributed by atoms with Gasteiger partial charge >= 0.3 is 0 Å². The predicted molar refractivity (Wildman–Crippen MR) is 74.9 cm³/mol. The Morgan fingerprint density at radius 3 is 2.67 bits per heavy atom. The molecule has 1 fully saturated rings. The fourth-order valence-electron chi connectivity index (χ4n) is 2.42. The maximum atomic E-state index is 12.1. The van der Waals surface area contributed by atoms with E-state index < -0.39 is 0 Å². The van der Waals surface area contributed by atoms with Crippen LogP contribution in [0, 0.1) is 6.92 Å². The van der Waals surface area contributed by atoms with Crippen LogP contribution in [0.4, 0.5) is 0 Å². The lowest BCUT2D eigenvalue weighted by molar-refractivity contribution is 0.0925. The zero-order valence-electron chi connectivity index (χ0n) is 10.5. The van der Waals surface area contributed by atoms with Crippen LogP contribution in [-0.2, 0) is 0 Å². The van der Waals surface area contributed by atoms with Gasteiger partial charge in [0.05, 0.1) is 5.56 Å². The normalized spacial score (nSPS) is 16.6. The van der Waals surface area contributed by atoms with Gasteiger partial charge in [-0.15, -0.1) is 0 Å². The molecule has 98 valence electrons. The number of hydrogen-bond acceptors (Lipinski definition) is 2. The highest BCUT2D eigenvalue weighted by molar-refractivity contribution is 9.10. The first-order valence-corrected chi connectivity index (χ1v) is 7.17. The van der Waals surface area contributed by atoms with Crippen LogP contribution in [0.15, 0.2) is 16.6 Å². The summed E-state index contributed by atoms with van der Waals surface area (Å²) in [4.78, 5) is 12.1. The lowest BCUT2D eigenvalue weighted by atomic mass is 9.95. The quantitative estimate of drug-likeness (QED) is 0.878. The molecule has 0 saturated heterocycles. The number of aryl methyl sites for hydroxylation is 1. The van der Waals surface area contributed by atoms with E-state index in [2.05, 4.69) is 21.2 Å². The van der Waals surface area contributed by atoms with Gasteiger partial charge in [0, 0.05) is 10.5 Å². The number of carbonyl (C=O) groups is 1. The zero-order valence-corrected chi connectivity index (χ0v) is 12.1. The van der Waals surface area contributed by atoms with Crippen LogP contribution in [-0.4, -0.2) is 17.1 Å². The number of rotatable bonds is 2. The average Bonchev–Trinajstić information content (AvgIpc) is 2.35. The van der Waals surface area contributed by atoms with Gasteiger partial charge in [0.25, 0.3) is 5.91 Å². The Morgan fingerprint density at radius 2 is 2.00 bits per heavy atom. The topological polar surface area (TPSA) is 49.3 Å². The summed E-state index contributed by atoms with van der Waals surface area (Å²) in [5.41, 5.74) is 1.06. The lowest BCUT2D eigenvalue weighted by Crippen LogP contribution is -2.36. The maximum absolute atomic E-state index is 12.1. The Bertz CT molecular complexity index is 453. The van der Waals surface area contributed by atoms with Crippen LogP contribution in [0.3, 0.4) is 0 Å². The molecule has 2 N–H and O–H groups in total. The van der Waals surface area contributed by atoms with Crippen molar-refractivity contribution in [3.63, 3.8) is 0 Å². The molecule has 1 aliphatic rings.